The van der Waals surface area contributed by atoms with Gasteiger partial charge >= 0.3 is 0 Å². The number of aromatic nitrogens is 2. The van der Waals surface area contributed by atoms with Crippen molar-refractivity contribution in [3.8, 4) is 11.3 Å². The molecule has 2 N–H and O–H groups in total. The summed E-state index contributed by atoms with van der Waals surface area (Å²) < 4.78 is 8.06. The minimum absolute atomic E-state index is 0.529. The molecule has 0 atom stereocenters. The van der Waals surface area contributed by atoms with E-state index < -0.39 is 0 Å². The lowest BCUT2D eigenvalue weighted by Crippen LogP contribution is -1.87. The summed E-state index contributed by atoms with van der Waals surface area (Å²) in [4.78, 5) is 1.23. The maximum atomic E-state index is 5.64. The number of thiophene rings is 1. The van der Waals surface area contributed by atoms with Crippen LogP contribution in [0.4, 0.5) is 5.82 Å². The van der Waals surface area contributed by atoms with Crippen LogP contribution in [0.1, 0.15) is 4.88 Å². The van der Waals surface area contributed by atoms with Gasteiger partial charge in [-0.3, -0.25) is 0 Å². The van der Waals surface area contributed by atoms with Crippen LogP contribution in [0.25, 0.3) is 11.3 Å². The van der Waals surface area contributed by atoms with Gasteiger partial charge in [0.15, 0.2) is 5.82 Å². The number of hydrogen-bond donors (Lipinski definition) is 1. The molecular formula is C7H7N3S2. The van der Waals surface area contributed by atoms with Crippen molar-refractivity contribution in [3.05, 3.63) is 16.3 Å². The van der Waals surface area contributed by atoms with Crippen LogP contribution in [0.2, 0.25) is 0 Å². The second-order valence-corrected chi connectivity index (χ2v) is 4.04. The quantitative estimate of drug-likeness (QED) is 0.762. The average molecular weight is 197 g/mol. The van der Waals surface area contributed by atoms with Crippen molar-refractivity contribution >= 4 is 28.9 Å². The highest BCUT2D eigenvalue weighted by Gasteiger charge is 2.09. The Morgan fingerprint density at radius 3 is 2.75 bits per heavy atom. The molecule has 2 aromatic rings. The Kier molecular flexibility index (Phi) is 1.82. The lowest BCUT2D eigenvalue weighted by Gasteiger charge is -1.93. The Bertz CT molecular complexity index is 353. The molecule has 0 fully saturated rings. The number of nitrogens with zero attached hydrogens (tertiary/aromatic N) is 2. The Labute approximate surface area is 78.2 Å². The molecule has 3 nitrogen and oxygen atoms in total. The van der Waals surface area contributed by atoms with Gasteiger partial charge in [-0.05, 0) is 18.4 Å². The van der Waals surface area contributed by atoms with Crippen molar-refractivity contribution in [3.63, 3.8) is 0 Å². The van der Waals surface area contributed by atoms with Crippen LogP contribution in [0.3, 0.4) is 0 Å². The maximum Gasteiger partial charge on any atom is 0.165 e. The van der Waals surface area contributed by atoms with Crippen molar-refractivity contribution in [1.29, 1.82) is 0 Å². The second-order valence-electron chi connectivity index (χ2n) is 2.39. The monoisotopic (exact) mass is 197 g/mol. The van der Waals surface area contributed by atoms with Gasteiger partial charge in [-0.2, -0.15) is 8.75 Å². The first kappa shape index (κ1) is 7.70. The molecule has 0 amide bonds. The fourth-order valence-corrected chi connectivity index (χ4v) is 2.20. The van der Waals surface area contributed by atoms with Crippen LogP contribution in [0, 0.1) is 6.92 Å². The molecule has 0 aliphatic rings. The van der Waals surface area contributed by atoms with E-state index in [4.69, 9.17) is 5.73 Å². The van der Waals surface area contributed by atoms with Gasteiger partial charge in [-0.15, -0.1) is 11.3 Å². The van der Waals surface area contributed by atoms with E-state index >= 15 is 0 Å². The summed E-state index contributed by atoms with van der Waals surface area (Å²) in [6.07, 6.45) is 0. The molecule has 0 saturated heterocycles. The van der Waals surface area contributed by atoms with Crippen molar-refractivity contribution < 1.29 is 0 Å². The van der Waals surface area contributed by atoms with Crippen LogP contribution < -0.4 is 5.73 Å². The molecule has 5 heteroatoms. The molecule has 2 rings (SSSR count). The minimum atomic E-state index is 0.529. The van der Waals surface area contributed by atoms with E-state index in [1.165, 1.54) is 4.88 Å². The number of rotatable bonds is 1. The first-order valence-electron chi connectivity index (χ1n) is 3.41. The van der Waals surface area contributed by atoms with Crippen LogP contribution in [-0.4, -0.2) is 8.75 Å². The van der Waals surface area contributed by atoms with E-state index in [-0.39, 0.29) is 0 Å². The van der Waals surface area contributed by atoms with E-state index in [0.717, 1.165) is 23.0 Å². The zero-order valence-corrected chi connectivity index (χ0v) is 8.08. The molecule has 0 aliphatic heterocycles. The molecule has 0 aromatic carbocycles. The smallest absolute Gasteiger partial charge is 0.165 e. The highest BCUT2D eigenvalue weighted by Crippen LogP contribution is 2.29. The first-order chi connectivity index (χ1) is 5.79. The molecule has 0 bridgehead atoms. The summed E-state index contributed by atoms with van der Waals surface area (Å²) >= 11 is 2.85. The van der Waals surface area contributed by atoms with Gasteiger partial charge in [0.1, 0.15) is 5.69 Å². The highest BCUT2D eigenvalue weighted by atomic mass is 32.1. The van der Waals surface area contributed by atoms with Gasteiger partial charge in [0.05, 0.1) is 11.7 Å². The zero-order valence-electron chi connectivity index (χ0n) is 6.44. The fourth-order valence-electron chi connectivity index (χ4n) is 1.01. The third-order valence-corrected chi connectivity index (χ3v) is 3.02. The third-order valence-electron chi connectivity index (χ3n) is 1.63. The van der Waals surface area contributed by atoms with Gasteiger partial charge in [-0.25, -0.2) is 0 Å². The summed E-state index contributed by atoms with van der Waals surface area (Å²) in [5.41, 5.74) is 7.56. The van der Waals surface area contributed by atoms with Gasteiger partial charge in [0, 0.05) is 10.4 Å². The van der Waals surface area contributed by atoms with Crippen LogP contribution in [0.15, 0.2) is 11.4 Å². The number of aryl methyl sites for hydroxylation is 1. The number of anilines is 1. The lowest BCUT2D eigenvalue weighted by atomic mass is 10.2. The largest absolute Gasteiger partial charge is 0.381 e. The highest BCUT2D eigenvalue weighted by molar-refractivity contribution is 7.10. The lowest BCUT2D eigenvalue weighted by molar-refractivity contribution is 1.48. The molecule has 0 unspecified atom stereocenters. The first-order valence-corrected chi connectivity index (χ1v) is 5.02. The number of nitrogens with two attached hydrogens (primary N) is 1. The molecule has 12 heavy (non-hydrogen) atoms. The standard InChI is InChI=1S/C7H7N3S2/c1-4-5(2-3-11-4)6-7(8)10-12-9-6/h2-3H,1H3,(H2,8,10). The van der Waals surface area contributed by atoms with E-state index in [1.807, 2.05) is 11.4 Å². The van der Waals surface area contributed by atoms with Crippen LogP contribution in [0.5, 0.6) is 0 Å². The van der Waals surface area contributed by atoms with E-state index in [0.29, 0.717) is 5.82 Å². The van der Waals surface area contributed by atoms with Crippen molar-refractivity contribution in [2.75, 3.05) is 5.73 Å². The summed E-state index contributed by atoms with van der Waals surface area (Å²) in [5.74, 6) is 0.529. The van der Waals surface area contributed by atoms with Crippen molar-refractivity contribution in [2.45, 2.75) is 6.92 Å². The second kappa shape index (κ2) is 2.84. The number of nitrogen functional groups attached to an aromatic ring is 1. The maximum absolute atomic E-state index is 5.64. The molecule has 0 radical (unpaired) electrons. The summed E-state index contributed by atoms with van der Waals surface area (Å²) in [5, 5.41) is 2.03. The molecule has 0 spiro atoms. The Morgan fingerprint density at radius 1 is 1.42 bits per heavy atom. The molecule has 62 valence electrons. The normalized spacial score (nSPS) is 10.4. The minimum Gasteiger partial charge on any atom is -0.381 e. The van der Waals surface area contributed by atoms with Crippen LogP contribution >= 0.6 is 23.1 Å². The third kappa shape index (κ3) is 1.11. The molecule has 2 aromatic heterocycles. The zero-order chi connectivity index (χ0) is 8.55. The van der Waals surface area contributed by atoms with Gasteiger partial charge in [0.2, 0.25) is 0 Å². The Balaban J connectivity index is 2.57. The van der Waals surface area contributed by atoms with Crippen molar-refractivity contribution in [1.82, 2.24) is 8.75 Å². The van der Waals surface area contributed by atoms with E-state index in [2.05, 4.69) is 15.7 Å². The van der Waals surface area contributed by atoms with Crippen LogP contribution in [-0.2, 0) is 0 Å². The Hall–Kier alpha value is -0.940. The SMILES string of the molecule is Cc1sccc1-c1nsnc1N. The predicted octanol–water partition coefficient (Wildman–Crippen LogP) is 2.16. The van der Waals surface area contributed by atoms with Gasteiger partial charge < -0.3 is 5.73 Å². The molecule has 2 heterocycles. The van der Waals surface area contributed by atoms with Gasteiger partial charge in [0.25, 0.3) is 0 Å². The van der Waals surface area contributed by atoms with Crippen molar-refractivity contribution in [2.24, 2.45) is 0 Å². The fraction of sp³-hybridized carbons (Fsp3) is 0.143. The molecular weight excluding hydrogens is 190 g/mol. The molecule has 0 saturated carbocycles. The summed E-state index contributed by atoms with van der Waals surface area (Å²) in [7, 11) is 0. The summed E-state index contributed by atoms with van der Waals surface area (Å²) in [6, 6.07) is 2.02. The predicted molar refractivity (Wildman–Crippen MR) is 52.4 cm³/mol. The van der Waals surface area contributed by atoms with E-state index in [9.17, 15) is 0 Å². The topological polar surface area (TPSA) is 51.8 Å². The van der Waals surface area contributed by atoms with E-state index in [1.54, 1.807) is 11.3 Å². The average Bonchev–Trinajstić information content (AvgIpc) is 2.59. The summed E-state index contributed by atoms with van der Waals surface area (Å²) in [6.45, 7) is 2.05. The van der Waals surface area contributed by atoms with Gasteiger partial charge in [-0.1, -0.05) is 0 Å². The Morgan fingerprint density at radius 2 is 2.25 bits per heavy atom. The molecule has 0 aliphatic carbocycles. The number of hydrogen-bond acceptors (Lipinski definition) is 5.